The Morgan fingerprint density at radius 2 is 2.17 bits per heavy atom. The Labute approximate surface area is 107 Å². The van der Waals surface area contributed by atoms with Crippen molar-refractivity contribution in [1.82, 2.24) is 4.90 Å². The fraction of sp³-hybridized carbons (Fsp3) is 0.385. The van der Waals surface area contributed by atoms with Crippen LogP contribution in [0.5, 0.6) is 0 Å². The number of nitriles is 1. The number of nitrogens with one attached hydrogen (secondary N) is 1. The van der Waals surface area contributed by atoms with Crippen molar-refractivity contribution in [3.63, 3.8) is 0 Å². The maximum Gasteiger partial charge on any atom is 0.256 e. The van der Waals surface area contributed by atoms with Crippen LogP contribution in [-0.2, 0) is 0 Å². The summed E-state index contributed by atoms with van der Waals surface area (Å²) in [5.74, 6) is 5.27. The largest absolute Gasteiger partial charge is 0.335 e. The summed E-state index contributed by atoms with van der Waals surface area (Å²) >= 11 is 0. The summed E-state index contributed by atoms with van der Waals surface area (Å²) in [4.78, 5) is 14.1. The molecule has 0 spiro atoms. The van der Waals surface area contributed by atoms with E-state index >= 15 is 0 Å². The number of benzene rings is 1. The van der Waals surface area contributed by atoms with Gasteiger partial charge in [-0.15, -0.1) is 0 Å². The number of carbonyl (C=O) groups is 1. The molecule has 0 saturated carbocycles. The molecule has 0 heterocycles. The van der Waals surface area contributed by atoms with Crippen LogP contribution in [0.4, 0.5) is 5.69 Å². The lowest BCUT2D eigenvalue weighted by Gasteiger charge is -2.26. The van der Waals surface area contributed by atoms with Gasteiger partial charge in [-0.1, -0.05) is 12.1 Å². The Morgan fingerprint density at radius 1 is 1.50 bits per heavy atom. The summed E-state index contributed by atoms with van der Waals surface area (Å²) in [5.41, 5.74) is 3.62. The molecular weight excluding hydrogens is 228 g/mol. The van der Waals surface area contributed by atoms with Crippen molar-refractivity contribution in [2.75, 3.05) is 12.0 Å². The maximum atomic E-state index is 12.4. The van der Waals surface area contributed by atoms with Gasteiger partial charge in [-0.25, -0.2) is 0 Å². The second-order valence-electron chi connectivity index (χ2n) is 4.19. The third kappa shape index (κ3) is 3.22. The highest BCUT2D eigenvalue weighted by molar-refractivity contribution is 5.99. The lowest BCUT2D eigenvalue weighted by atomic mass is 10.1. The molecule has 0 fully saturated rings. The number of hydrogen-bond acceptors (Lipinski definition) is 4. The first kappa shape index (κ1) is 14.0. The molecule has 0 radical (unpaired) electrons. The minimum absolute atomic E-state index is 0.0386. The zero-order valence-electron chi connectivity index (χ0n) is 10.7. The normalized spacial score (nSPS) is 9.94. The van der Waals surface area contributed by atoms with Crippen LogP contribution in [-0.4, -0.2) is 23.4 Å². The summed E-state index contributed by atoms with van der Waals surface area (Å²) in [6.45, 7) is 4.27. The highest BCUT2D eigenvalue weighted by atomic mass is 16.2. The Morgan fingerprint density at radius 3 is 2.72 bits per heavy atom. The second-order valence-corrected chi connectivity index (χ2v) is 4.19. The van der Waals surface area contributed by atoms with Gasteiger partial charge in [-0.3, -0.25) is 10.6 Å². The van der Waals surface area contributed by atoms with Crippen LogP contribution in [0.2, 0.25) is 0 Å². The van der Waals surface area contributed by atoms with Gasteiger partial charge in [0.2, 0.25) is 0 Å². The van der Waals surface area contributed by atoms with Crippen molar-refractivity contribution in [1.29, 1.82) is 5.26 Å². The number of nitrogen functional groups attached to an aromatic ring is 1. The van der Waals surface area contributed by atoms with E-state index in [0.717, 1.165) is 0 Å². The number of anilines is 1. The number of rotatable bonds is 5. The van der Waals surface area contributed by atoms with Gasteiger partial charge in [0.05, 0.1) is 23.7 Å². The third-order valence-corrected chi connectivity index (χ3v) is 2.66. The fourth-order valence-corrected chi connectivity index (χ4v) is 1.71. The summed E-state index contributed by atoms with van der Waals surface area (Å²) < 4.78 is 0. The van der Waals surface area contributed by atoms with Crippen LogP contribution in [0, 0.1) is 11.3 Å². The van der Waals surface area contributed by atoms with Gasteiger partial charge in [0.1, 0.15) is 0 Å². The van der Waals surface area contributed by atoms with Crippen molar-refractivity contribution in [2.45, 2.75) is 26.3 Å². The van der Waals surface area contributed by atoms with Gasteiger partial charge in [0.15, 0.2) is 0 Å². The van der Waals surface area contributed by atoms with Crippen LogP contribution in [0.25, 0.3) is 0 Å². The van der Waals surface area contributed by atoms with E-state index in [-0.39, 0.29) is 11.9 Å². The van der Waals surface area contributed by atoms with Crippen LogP contribution in [0.15, 0.2) is 24.3 Å². The monoisotopic (exact) mass is 246 g/mol. The maximum absolute atomic E-state index is 12.4. The first-order valence-corrected chi connectivity index (χ1v) is 5.85. The van der Waals surface area contributed by atoms with Crippen molar-refractivity contribution in [2.24, 2.45) is 5.84 Å². The Kier molecular flexibility index (Phi) is 5.15. The Balaban J connectivity index is 2.99. The smallest absolute Gasteiger partial charge is 0.256 e. The van der Waals surface area contributed by atoms with Gasteiger partial charge in [0, 0.05) is 12.6 Å². The van der Waals surface area contributed by atoms with Crippen molar-refractivity contribution < 1.29 is 4.79 Å². The summed E-state index contributed by atoms with van der Waals surface area (Å²) in [7, 11) is 0. The highest BCUT2D eigenvalue weighted by Gasteiger charge is 2.20. The van der Waals surface area contributed by atoms with Crippen LogP contribution in [0.3, 0.4) is 0 Å². The van der Waals surface area contributed by atoms with E-state index in [4.69, 9.17) is 11.1 Å². The predicted molar refractivity (Wildman–Crippen MR) is 70.7 cm³/mol. The van der Waals surface area contributed by atoms with E-state index in [9.17, 15) is 4.79 Å². The van der Waals surface area contributed by atoms with E-state index in [2.05, 4.69) is 11.5 Å². The molecule has 18 heavy (non-hydrogen) atoms. The molecule has 0 bridgehead atoms. The van der Waals surface area contributed by atoms with Crippen LogP contribution in [0.1, 0.15) is 30.6 Å². The number of hydrazine groups is 1. The Bertz CT molecular complexity index is 451. The number of para-hydroxylation sites is 1. The molecule has 5 heteroatoms. The van der Waals surface area contributed by atoms with E-state index in [1.54, 1.807) is 29.2 Å². The lowest BCUT2D eigenvalue weighted by Crippen LogP contribution is -2.38. The van der Waals surface area contributed by atoms with Gasteiger partial charge >= 0.3 is 0 Å². The SMILES string of the molecule is CC(C)N(CCC#N)C(=O)c1ccccc1NN. The average Bonchev–Trinajstić information content (AvgIpc) is 2.38. The molecule has 0 aliphatic heterocycles. The molecule has 0 unspecified atom stereocenters. The van der Waals surface area contributed by atoms with E-state index in [1.807, 2.05) is 13.8 Å². The minimum atomic E-state index is -0.117. The molecule has 0 aliphatic rings. The molecule has 1 aromatic carbocycles. The first-order chi connectivity index (χ1) is 8.61. The second kappa shape index (κ2) is 6.62. The van der Waals surface area contributed by atoms with Crippen molar-refractivity contribution in [3.05, 3.63) is 29.8 Å². The zero-order chi connectivity index (χ0) is 13.5. The standard InChI is InChI=1S/C13H18N4O/c1-10(2)17(9-5-8-14)13(18)11-6-3-4-7-12(11)16-15/h3-4,6-7,10,16H,5,9,15H2,1-2H3. The topological polar surface area (TPSA) is 82.2 Å². The number of hydrogen-bond donors (Lipinski definition) is 2. The first-order valence-electron chi connectivity index (χ1n) is 5.85. The fourth-order valence-electron chi connectivity index (χ4n) is 1.71. The molecule has 0 aliphatic carbocycles. The van der Waals surface area contributed by atoms with Crippen LogP contribution < -0.4 is 11.3 Å². The molecule has 0 aromatic heterocycles. The third-order valence-electron chi connectivity index (χ3n) is 2.66. The molecule has 0 atom stereocenters. The Hall–Kier alpha value is -2.06. The molecule has 96 valence electrons. The summed E-state index contributed by atoms with van der Waals surface area (Å²) in [6, 6.07) is 9.16. The number of nitrogens with zero attached hydrogens (tertiary/aromatic N) is 2. The molecule has 1 aromatic rings. The van der Waals surface area contributed by atoms with Gasteiger partial charge in [0.25, 0.3) is 5.91 Å². The average molecular weight is 246 g/mol. The van der Waals surface area contributed by atoms with Gasteiger partial charge < -0.3 is 10.3 Å². The molecule has 1 rings (SSSR count). The minimum Gasteiger partial charge on any atom is -0.335 e. The molecule has 1 amide bonds. The van der Waals surface area contributed by atoms with Gasteiger partial charge in [-0.05, 0) is 26.0 Å². The number of carbonyl (C=O) groups excluding carboxylic acids is 1. The molecular formula is C13H18N4O. The zero-order valence-corrected chi connectivity index (χ0v) is 10.7. The summed E-state index contributed by atoms with van der Waals surface area (Å²) in [5, 5.41) is 8.63. The summed E-state index contributed by atoms with van der Waals surface area (Å²) in [6.07, 6.45) is 0.322. The van der Waals surface area contributed by atoms with Crippen molar-refractivity contribution in [3.8, 4) is 6.07 Å². The molecule has 0 saturated heterocycles. The number of nitrogens with two attached hydrogens (primary N) is 1. The van der Waals surface area contributed by atoms with E-state index < -0.39 is 0 Å². The quantitative estimate of drug-likeness (QED) is 0.612. The molecule has 3 N–H and O–H groups in total. The van der Waals surface area contributed by atoms with E-state index in [0.29, 0.717) is 24.2 Å². The van der Waals surface area contributed by atoms with E-state index in [1.165, 1.54) is 0 Å². The lowest BCUT2D eigenvalue weighted by molar-refractivity contribution is 0.0711. The van der Waals surface area contributed by atoms with Gasteiger partial charge in [-0.2, -0.15) is 5.26 Å². The van der Waals surface area contributed by atoms with Crippen molar-refractivity contribution >= 4 is 11.6 Å². The molecule has 5 nitrogen and oxygen atoms in total. The van der Waals surface area contributed by atoms with Crippen LogP contribution >= 0.6 is 0 Å². The number of amides is 1. The predicted octanol–water partition coefficient (Wildman–Crippen LogP) is 1.74. The highest BCUT2D eigenvalue weighted by Crippen LogP contribution is 2.17.